The molecule has 0 fully saturated rings. The zero-order valence-corrected chi connectivity index (χ0v) is 11.1. The maximum atomic E-state index is 5.94. The Morgan fingerprint density at radius 3 is 2.89 bits per heavy atom. The molecule has 0 saturated heterocycles. The van der Waals surface area contributed by atoms with Crippen molar-refractivity contribution in [2.24, 2.45) is 0 Å². The van der Waals surface area contributed by atoms with Gasteiger partial charge < -0.3 is 10.1 Å². The SMILES string of the molecule is CNC[C@@H]1CCOc2c(-c3ccncc3)cccc21. The number of nitrogens with one attached hydrogen (secondary N) is 1. The summed E-state index contributed by atoms with van der Waals surface area (Å²) >= 11 is 0. The number of hydrogen-bond acceptors (Lipinski definition) is 3. The smallest absolute Gasteiger partial charge is 0.130 e. The first kappa shape index (κ1) is 12.2. The zero-order chi connectivity index (χ0) is 13.1. The number of para-hydroxylation sites is 1. The second kappa shape index (κ2) is 5.41. The molecule has 2 heterocycles. The molecule has 3 heteroatoms. The average Bonchev–Trinajstić information content (AvgIpc) is 2.48. The summed E-state index contributed by atoms with van der Waals surface area (Å²) in [6, 6.07) is 10.5. The second-order valence-electron chi connectivity index (χ2n) is 4.85. The number of hydrogen-bond donors (Lipinski definition) is 1. The van der Waals surface area contributed by atoms with Crippen molar-refractivity contribution >= 4 is 0 Å². The van der Waals surface area contributed by atoms with E-state index in [0.29, 0.717) is 5.92 Å². The number of nitrogens with zero attached hydrogens (tertiary/aromatic N) is 1. The third kappa shape index (κ3) is 2.34. The summed E-state index contributed by atoms with van der Waals surface area (Å²) in [6.45, 7) is 1.79. The third-order valence-electron chi connectivity index (χ3n) is 3.64. The van der Waals surface area contributed by atoms with Crippen LogP contribution in [0.3, 0.4) is 0 Å². The predicted molar refractivity (Wildman–Crippen MR) is 76.5 cm³/mol. The van der Waals surface area contributed by atoms with Crippen LogP contribution >= 0.6 is 0 Å². The summed E-state index contributed by atoms with van der Waals surface area (Å²) in [5.74, 6) is 1.58. The maximum absolute atomic E-state index is 5.94. The van der Waals surface area contributed by atoms with E-state index in [4.69, 9.17) is 4.74 Å². The van der Waals surface area contributed by atoms with Crippen LogP contribution in [0.2, 0.25) is 0 Å². The lowest BCUT2D eigenvalue weighted by Crippen LogP contribution is -2.23. The van der Waals surface area contributed by atoms with Crippen molar-refractivity contribution in [2.75, 3.05) is 20.2 Å². The van der Waals surface area contributed by atoms with Crippen LogP contribution in [0.4, 0.5) is 0 Å². The number of benzene rings is 1. The summed E-state index contributed by atoms with van der Waals surface area (Å²) in [6.07, 6.45) is 4.72. The molecule has 0 saturated carbocycles. The molecular weight excluding hydrogens is 236 g/mol. The Bertz CT molecular complexity index is 554. The van der Waals surface area contributed by atoms with Gasteiger partial charge in [-0.2, -0.15) is 0 Å². The van der Waals surface area contributed by atoms with Gasteiger partial charge in [0.25, 0.3) is 0 Å². The summed E-state index contributed by atoms with van der Waals surface area (Å²) in [4.78, 5) is 4.08. The van der Waals surface area contributed by atoms with Gasteiger partial charge in [-0.25, -0.2) is 0 Å². The summed E-state index contributed by atoms with van der Waals surface area (Å²) in [7, 11) is 2.00. The van der Waals surface area contributed by atoms with Crippen LogP contribution < -0.4 is 10.1 Å². The number of rotatable bonds is 3. The molecule has 98 valence electrons. The Morgan fingerprint density at radius 1 is 1.26 bits per heavy atom. The van der Waals surface area contributed by atoms with Gasteiger partial charge in [0.15, 0.2) is 0 Å². The Hall–Kier alpha value is -1.87. The van der Waals surface area contributed by atoms with Gasteiger partial charge in [0, 0.05) is 30.4 Å². The molecule has 0 spiro atoms. The normalized spacial score (nSPS) is 17.6. The van der Waals surface area contributed by atoms with Crippen LogP contribution in [0, 0.1) is 0 Å². The number of pyridine rings is 1. The van der Waals surface area contributed by atoms with Crippen molar-refractivity contribution in [1.82, 2.24) is 10.3 Å². The number of likely N-dealkylation sites (N-methyl/N-ethyl adjacent to an activating group) is 1. The molecule has 1 aromatic carbocycles. The number of aromatic nitrogens is 1. The zero-order valence-electron chi connectivity index (χ0n) is 11.1. The van der Waals surface area contributed by atoms with Gasteiger partial charge in [-0.1, -0.05) is 18.2 Å². The van der Waals surface area contributed by atoms with Gasteiger partial charge in [-0.05, 0) is 36.7 Å². The lowest BCUT2D eigenvalue weighted by Gasteiger charge is -2.27. The van der Waals surface area contributed by atoms with Crippen LogP contribution in [0.5, 0.6) is 5.75 Å². The molecule has 2 aromatic rings. The minimum Gasteiger partial charge on any atom is -0.493 e. The van der Waals surface area contributed by atoms with E-state index >= 15 is 0 Å². The minimum absolute atomic E-state index is 0.538. The number of fused-ring (bicyclic) bond motifs is 1. The van der Waals surface area contributed by atoms with E-state index in [-0.39, 0.29) is 0 Å². The van der Waals surface area contributed by atoms with Gasteiger partial charge in [0.05, 0.1) is 6.61 Å². The van der Waals surface area contributed by atoms with Gasteiger partial charge >= 0.3 is 0 Å². The Kier molecular flexibility index (Phi) is 3.47. The molecule has 1 aliphatic rings. The van der Waals surface area contributed by atoms with Crippen LogP contribution in [-0.4, -0.2) is 25.2 Å². The van der Waals surface area contributed by atoms with E-state index in [0.717, 1.165) is 30.9 Å². The van der Waals surface area contributed by atoms with Gasteiger partial charge in [-0.15, -0.1) is 0 Å². The highest BCUT2D eigenvalue weighted by atomic mass is 16.5. The highest BCUT2D eigenvalue weighted by Crippen LogP contribution is 2.40. The fraction of sp³-hybridized carbons (Fsp3) is 0.312. The first-order valence-electron chi connectivity index (χ1n) is 6.71. The fourth-order valence-electron chi connectivity index (χ4n) is 2.71. The topological polar surface area (TPSA) is 34.1 Å². The Labute approximate surface area is 113 Å². The molecule has 0 amide bonds. The van der Waals surface area contributed by atoms with Crippen molar-refractivity contribution in [1.29, 1.82) is 0 Å². The fourth-order valence-corrected chi connectivity index (χ4v) is 2.71. The van der Waals surface area contributed by atoms with Crippen LogP contribution in [0.15, 0.2) is 42.7 Å². The molecule has 1 N–H and O–H groups in total. The molecular formula is C16H18N2O. The molecule has 3 nitrogen and oxygen atoms in total. The third-order valence-corrected chi connectivity index (χ3v) is 3.64. The summed E-state index contributed by atoms with van der Waals surface area (Å²) in [5.41, 5.74) is 3.65. The summed E-state index contributed by atoms with van der Waals surface area (Å²) in [5, 5.41) is 3.27. The Balaban J connectivity index is 2.06. The van der Waals surface area contributed by atoms with E-state index in [1.54, 1.807) is 0 Å². The van der Waals surface area contributed by atoms with Crippen molar-refractivity contribution < 1.29 is 4.74 Å². The van der Waals surface area contributed by atoms with Crippen molar-refractivity contribution in [2.45, 2.75) is 12.3 Å². The molecule has 1 atom stereocenters. The first-order chi connectivity index (χ1) is 9.40. The van der Waals surface area contributed by atoms with Crippen LogP contribution in [-0.2, 0) is 0 Å². The lowest BCUT2D eigenvalue weighted by molar-refractivity contribution is 0.267. The quantitative estimate of drug-likeness (QED) is 0.914. The minimum atomic E-state index is 0.538. The second-order valence-corrected chi connectivity index (χ2v) is 4.85. The van der Waals surface area contributed by atoms with E-state index in [2.05, 4.69) is 28.5 Å². The molecule has 0 radical (unpaired) electrons. The number of ether oxygens (including phenoxy) is 1. The monoisotopic (exact) mass is 254 g/mol. The lowest BCUT2D eigenvalue weighted by atomic mass is 9.90. The maximum Gasteiger partial charge on any atom is 0.130 e. The molecule has 0 aliphatic carbocycles. The van der Waals surface area contributed by atoms with Crippen LogP contribution in [0.1, 0.15) is 17.9 Å². The summed E-state index contributed by atoms with van der Waals surface area (Å²) < 4.78 is 5.94. The van der Waals surface area contributed by atoms with E-state index in [9.17, 15) is 0 Å². The standard InChI is InChI=1S/C16H18N2O/c1-17-11-13-7-10-19-16-14(3-2-4-15(13)16)12-5-8-18-9-6-12/h2-6,8-9,13,17H,7,10-11H2,1H3/t13-/m0/s1. The molecule has 1 aromatic heterocycles. The first-order valence-corrected chi connectivity index (χ1v) is 6.71. The highest BCUT2D eigenvalue weighted by Gasteiger charge is 2.23. The molecule has 19 heavy (non-hydrogen) atoms. The highest BCUT2D eigenvalue weighted by molar-refractivity contribution is 5.72. The predicted octanol–water partition coefficient (Wildman–Crippen LogP) is 2.83. The molecule has 0 bridgehead atoms. The largest absolute Gasteiger partial charge is 0.493 e. The van der Waals surface area contributed by atoms with Gasteiger partial charge in [0.2, 0.25) is 0 Å². The molecule has 1 aliphatic heterocycles. The van der Waals surface area contributed by atoms with Crippen molar-refractivity contribution in [3.05, 3.63) is 48.3 Å². The van der Waals surface area contributed by atoms with E-state index in [1.807, 2.05) is 31.6 Å². The molecule has 3 rings (SSSR count). The van der Waals surface area contributed by atoms with Gasteiger partial charge in [0.1, 0.15) is 5.75 Å². The van der Waals surface area contributed by atoms with E-state index < -0.39 is 0 Å². The van der Waals surface area contributed by atoms with Crippen molar-refractivity contribution in [3.63, 3.8) is 0 Å². The van der Waals surface area contributed by atoms with Crippen LogP contribution in [0.25, 0.3) is 11.1 Å². The average molecular weight is 254 g/mol. The molecule has 0 unspecified atom stereocenters. The van der Waals surface area contributed by atoms with Gasteiger partial charge in [-0.3, -0.25) is 4.98 Å². The Morgan fingerprint density at radius 2 is 2.11 bits per heavy atom. The van der Waals surface area contributed by atoms with E-state index in [1.165, 1.54) is 11.1 Å². The van der Waals surface area contributed by atoms with Crippen molar-refractivity contribution in [3.8, 4) is 16.9 Å².